The molecule has 24 heavy (non-hydrogen) atoms. The molecule has 0 aliphatic heterocycles. The average molecular weight is 390 g/mol. The summed E-state index contributed by atoms with van der Waals surface area (Å²) in [5.41, 5.74) is 3.70. The molecule has 4 aliphatic rings. The van der Waals surface area contributed by atoms with Crippen molar-refractivity contribution in [3.8, 4) is 0 Å². The molecule has 2 unspecified atom stereocenters. The summed E-state index contributed by atoms with van der Waals surface area (Å²) < 4.78 is 0.328. The number of rotatable bonds is 4. The van der Waals surface area contributed by atoms with Crippen molar-refractivity contribution in [3.63, 3.8) is 0 Å². The normalized spacial score (nSPS) is 36.8. The van der Waals surface area contributed by atoms with E-state index in [0.29, 0.717) is 10.7 Å². The number of benzene rings is 1. The summed E-state index contributed by atoms with van der Waals surface area (Å²) in [6.45, 7) is 4.24. The zero-order valence-corrected chi connectivity index (χ0v) is 16.4. The van der Waals surface area contributed by atoms with Crippen LogP contribution in [0, 0.1) is 24.2 Å². The predicted octanol–water partition coefficient (Wildman–Crippen LogP) is 5.62. The fourth-order valence-electron chi connectivity index (χ4n) is 6.27. The molecule has 1 N–H and O–H groups in total. The van der Waals surface area contributed by atoms with Crippen LogP contribution in [0.3, 0.4) is 0 Å². The van der Waals surface area contributed by atoms with E-state index in [1.807, 2.05) is 0 Å². The number of hydrogen-bond acceptors (Lipinski definition) is 1. The molecular weight excluding hydrogens is 362 g/mol. The Morgan fingerprint density at radius 1 is 1.25 bits per heavy atom. The Hall–Kier alpha value is -0.830. The maximum atomic E-state index is 12.9. The van der Waals surface area contributed by atoms with Crippen LogP contribution in [-0.4, -0.2) is 10.2 Å². The maximum Gasteiger partial charge on any atom is 0.224 e. The topological polar surface area (TPSA) is 29.1 Å². The molecule has 0 aromatic heterocycles. The van der Waals surface area contributed by atoms with Gasteiger partial charge in [0.05, 0.1) is 0 Å². The molecular formula is C21H28BrNO. The van der Waals surface area contributed by atoms with Crippen LogP contribution in [0.25, 0.3) is 0 Å². The van der Waals surface area contributed by atoms with Gasteiger partial charge in [0.2, 0.25) is 5.91 Å². The van der Waals surface area contributed by atoms with Crippen LogP contribution in [0.5, 0.6) is 0 Å². The summed E-state index contributed by atoms with van der Waals surface area (Å²) in [5.74, 6) is 1.89. The highest BCUT2D eigenvalue weighted by atomic mass is 79.9. The van der Waals surface area contributed by atoms with Crippen LogP contribution in [-0.2, 0) is 11.2 Å². The Labute approximate surface area is 153 Å². The minimum Gasteiger partial charge on any atom is -0.326 e. The molecule has 5 rings (SSSR count). The second-order valence-corrected chi connectivity index (χ2v) is 10.5. The lowest BCUT2D eigenvalue weighted by molar-refractivity contribution is -0.123. The van der Waals surface area contributed by atoms with Crippen LogP contribution in [0.1, 0.15) is 63.0 Å². The number of halogens is 1. The number of para-hydroxylation sites is 1. The summed E-state index contributed by atoms with van der Waals surface area (Å²) >= 11 is 4.05. The van der Waals surface area contributed by atoms with E-state index in [2.05, 4.69) is 53.3 Å². The second kappa shape index (κ2) is 5.86. The van der Waals surface area contributed by atoms with Gasteiger partial charge in [0.1, 0.15) is 0 Å². The Morgan fingerprint density at radius 3 is 2.58 bits per heavy atom. The van der Waals surface area contributed by atoms with E-state index in [0.717, 1.165) is 23.9 Å². The molecule has 4 saturated carbocycles. The molecule has 4 bridgehead atoms. The highest BCUT2D eigenvalue weighted by Gasteiger charge is 2.57. The van der Waals surface area contributed by atoms with E-state index in [1.165, 1.54) is 49.7 Å². The van der Waals surface area contributed by atoms with Gasteiger partial charge in [0, 0.05) is 16.4 Å². The van der Waals surface area contributed by atoms with Crippen molar-refractivity contribution >= 4 is 27.5 Å². The van der Waals surface area contributed by atoms with Crippen LogP contribution in [0.15, 0.2) is 18.2 Å². The van der Waals surface area contributed by atoms with Crippen molar-refractivity contribution in [3.05, 3.63) is 29.3 Å². The molecule has 2 nitrogen and oxygen atoms in total. The number of carbonyl (C=O) groups excluding carboxylic acids is 1. The van der Waals surface area contributed by atoms with Gasteiger partial charge < -0.3 is 5.32 Å². The van der Waals surface area contributed by atoms with Crippen molar-refractivity contribution in [1.82, 2.24) is 0 Å². The van der Waals surface area contributed by atoms with Crippen molar-refractivity contribution in [1.29, 1.82) is 0 Å². The van der Waals surface area contributed by atoms with E-state index in [4.69, 9.17) is 0 Å². The zero-order chi connectivity index (χ0) is 16.9. The number of anilines is 1. The first-order valence-corrected chi connectivity index (χ1v) is 10.3. The SMILES string of the molecule is CCc1cccc(C)c1NC(=O)CC12C[C@@H]3C[C@@H](CC(Br)(C3)C1)C2. The number of aryl methyl sites for hydroxylation is 2. The molecule has 4 fully saturated rings. The van der Waals surface area contributed by atoms with Gasteiger partial charge in [0.15, 0.2) is 0 Å². The first kappa shape index (κ1) is 16.6. The van der Waals surface area contributed by atoms with Gasteiger partial charge in [-0.2, -0.15) is 0 Å². The van der Waals surface area contributed by atoms with E-state index < -0.39 is 0 Å². The highest BCUT2D eigenvalue weighted by molar-refractivity contribution is 9.10. The Kier molecular flexibility index (Phi) is 4.06. The standard InChI is InChI=1S/C21H28BrNO/c1-3-17-6-4-5-14(2)19(17)23-18(24)12-20-8-15-7-16(9-20)11-21(22,10-15)13-20/h4-6,15-16H,3,7-13H2,1-2H3,(H,23,24)/t15-,16+,20?,21?. The Balaban J connectivity index is 1.51. The molecule has 0 spiro atoms. The molecule has 1 aromatic rings. The Morgan fingerprint density at radius 2 is 1.96 bits per heavy atom. The highest BCUT2D eigenvalue weighted by Crippen LogP contribution is 2.65. The lowest BCUT2D eigenvalue weighted by Gasteiger charge is -2.60. The van der Waals surface area contributed by atoms with Crippen molar-refractivity contribution < 1.29 is 4.79 Å². The number of alkyl halides is 1. The lowest BCUT2D eigenvalue weighted by Crippen LogP contribution is -2.53. The van der Waals surface area contributed by atoms with Crippen molar-refractivity contribution in [2.45, 2.75) is 69.5 Å². The molecule has 1 aromatic carbocycles. The van der Waals surface area contributed by atoms with Gasteiger partial charge in [-0.05, 0) is 80.2 Å². The number of amides is 1. The third kappa shape index (κ3) is 2.94. The summed E-state index contributed by atoms with van der Waals surface area (Å²) in [5, 5.41) is 3.26. The lowest BCUT2D eigenvalue weighted by atomic mass is 9.48. The minimum atomic E-state index is 0.219. The summed E-state index contributed by atoms with van der Waals surface area (Å²) in [7, 11) is 0. The quantitative estimate of drug-likeness (QED) is 0.665. The molecule has 130 valence electrons. The summed E-state index contributed by atoms with van der Waals surface area (Å²) in [6, 6.07) is 6.30. The van der Waals surface area contributed by atoms with E-state index in [9.17, 15) is 4.79 Å². The van der Waals surface area contributed by atoms with Crippen LogP contribution >= 0.6 is 15.9 Å². The van der Waals surface area contributed by atoms with Gasteiger partial charge >= 0.3 is 0 Å². The first-order chi connectivity index (χ1) is 11.4. The third-order valence-electron chi connectivity index (χ3n) is 6.65. The summed E-state index contributed by atoms with van der Waals surface area (Å²) in [4.78, 5) is 12.9. The fraction of sp³-hybridized carbons (Fsp3) is 0.667. The van der Waals surface area contributed by atoms with E-state index in [-0.39, 0.29) is 11.3 Å². The average Bonchev–Trinajstić information content (AvgIpc) is 2.46. The number of carbonyl (C=O) groups is 1. The molecule has 1 amide bonds. The Bertz CT molecular complexity index is 654. The fourth-order valence-corrected chi connectivity index (χ4v) is 7.78. The molecule has 3 heteroatoms. The zero-order valence-electron chi connectivity index (χ0n) is 14.8. The second-order valence-electron chi connectivity index (χ2n) is 8.80. The van der Waals surface area contributed by atoms with E-state index >= 15 is 0 Å². The number of hydrogen-bond donors (Lipinski definition) is 1. The largest absolute Gasteiger partial charge is 0.326 e. The van der Waals surface area contributed by atoms with E-state index in [1.54, 1.807) is 0 Å². The van der Waals surface area contributed by atoms with Crippen LogP contribution in [0.2, 0.25) is 0 Å². The molecule has 0 saturated heterocycles. The molecule has 4 atom stereocenters. The predicted molar refractivity (Wildman–Crippen MR) is 103 cm³/mol. The van der Waals surface area contributed by atoms with Gasteiger partial charge in [-0.3, -0.25) is 4.79 Å². The first-order valence-electron chi connectivity index (χ1n) is 9.48. The third-order valence-corrected chi connectivity index (χ3v) is 7.58. The molecule has 4 aliphatic carbocycles. The smallest absolute Gasteiger partial charge is 0.224 e. The van der Waals surface area contributed by atoms with Gasteiger partial charge in [-0.25, -0.2) is 0 Å². The van der Waals surface area contributed by atoms with Crippen molar-refractivity contribution in [2.24, 2.45) is 17.3 Å². The van der Waals surface area contributed by atoms with Gasteiger partial charge in [0.25, 0.3) is 0 Å². The summed E-state index contributed by atoms with van der Waals surface area (Å²) in [6.07, 6.45) is 9.41. The van der Waals surface area contributed by atoms with Crippen LogP contribution in [0.4, 0.5) is 5.69 Å². The monoisotopic (exact) mass is 389 g/mol. The molecule has 0 heterocycles. The van der Waals surface area contributed by atoms with Crippen molar-refractivity contribution in [2.75, 3.05) is 5.32 Å². The van der Waals surface area contributed by atoms with Gasteiger partial charge in [-0.15, -0.1) is 0 Å². The van der Waals surface area contributed by atoms with Crippen LogP contribution < -0.4 is 5.32 Å². The number of nitrogens with one attached hydrogen (secondary N) is 1. The molecule has 0 radical (unpaired) electrons. The minimum absolute atomic E-state index is 0.219. The van der Waals surface area contributed by atoms with Gasteiger partial charge in [-0.1, -0.05) is 41.1 Å². The maximum absolute atomic E-state index is 12.9.